The van der Waals surface area contributed by atoms with E-state index in [1.54, 1.807) is 6.26 Å². The Kier molecular flexibility index (Phi) is 5.56. The van der Waals surface area contributed by atoms with E-state index in [-0.39, 0.29) is 0 Å². The molecule has 92 valence electrons. The Hall–Kier alpha value is -0.800. The first-order valence-electron chi connectivity index (χ1n) is 6.10. The van der Waals surface area contributed by atoms with E-state index in [0.29, 0.717) is 12.0 Å². The molecular weight excluding hydrogens is 200 g/mol. The van der Waals surface area contributed by atoms with E-state index >= 15 is 0 Å². The average Bonchev–Trinajstić information content (AvgIpc) is 2.78. The average molecular weight is 224 g/mol. The van der Waals surface area contributed by atoms with Gasteiger partial charge in [-0.25, -0.2) is 0 Å². The van der Waals surface area contributed by atoms with Crippen LogP contribution in [0.25, 0.3) is 0 Å². The highest BCUT2D eigenvalue weighted by Crippen LogP contribution is 2.14. The fraction of sp³-hybridized carbons (Fsp3) is 0.692. The number of furan rings is 1. The molecule has 0 bridgehead atoms. The van der Waals surface area contributed by atoms with Gasteiger partial charge in [-0.3, -0.25) is 4.90 Å². The maximum absolute atomic E-state index is 5.40. The zero-order chi connectivity index (χ0) is 12.0. The topological polar surface area (TPSA) is 28.4 Å². The third-order valence-corrected chi connectivity index (χ3v) is 3.27. The SMILES string of the molecule is CCN(Cc1ccco1)C(C)C(C)CNC. The lowest BCUT2D eigenvalue weighted by Gasteiger charge is -2.31. The maximum Gasteiger partial charge on any atom is 0.117 e. The van der Waals surface area contributed by atoms with Crippen molar-refractivity contribution in [1.82, 2.24) is 10.2 Å². The molecule has 16 heavy (non-hydrogen) atoms. The van der Waals surface area contributed by atoms with Crippen molar-refractivity contribution in [1.29, 1.82) is 0 Å². The molecule has 0 aromatic carbocycles. The van der Waals surface area contributed by atoms with Crippen molar-refractivity contribution in [2.24, 2.45) is 5.92 Å². The van der Waals surface area contributed by atoms with Gasteiger partial charge in [-0.05, 0) is 45.1 Å². The van der Waals surface area contributed by atoms with Crippen molar-refractivity contribution < 1.29 is 4.42 Å². The lowest BCUT2D eigenvalue weighted by Crippen LogP contribution is -2.40. The van der Waals surface area contributed by atoms with E-state index in [0.717, 1.165) is 25.4 Å². The summed E-state index contributed by atoms with van der Waals surface area (Å²) in [5, 5.41) is 3.24. The second-order valence-electron chi connectivity index (χ2n) is 4.42. The molecule has 2 unspecified atom stereocenters. The second kappa shape index (κ2) is 6.71. The Labute approximate surface area is 98.8 Å². The number of hydrogen-bond donors (Lipinski definition) is 1. The van der Waals surface area contributed by atoms with Crippen LogP contribution in [0.3, 0.4) is 0 Å². The summed E-state index contributed by atoms with van der Waals surface area (Å²) in [6.07, 6.45) is 1.74. The molecule has 3 nitrogen and oxygen atoms in total. The predicted octanol–water partition coefficient (Wildman–Crippen LogP) is 2.35. The van der Waals surface area contributed by atoms with Gasteiger partial charge in [0.05, 0.1) is 12.8 Å². The Balaban J connectivity index is 2.52. The quantitative estimate of drug-likeness (QED) is 0.770. The smallest absolute Gasteiger partial charge is 0.117 e. The fourth-order valence-electron chi connectivity index (χ4n) is 2.00. The van der Waals surface area contributed by atoms with Crippen LogP contribution in [-0.4, -0.2) is 31.1 Å². The third kappa shape index (κ3) is 3.65. The highest BCUT2D eigenvalue weighted by molar-refractivity contribution is 4.98. The molecule has 1 heterocycles. The molecule has 1 aromatic rings. The second-order valence-corrected chi connectivity index (χ2v) is 4.42. The molecule has 0 radical (unpaired) electrons. The molecule has 0 spiro atoms. The van der Waals surface area contributed by atoms with Crippen molar-refractivity contribution in [3.63, 3.8) is 0 Å². The molecule has 0 aliphatic heterocycles. The largest absolute Gasteiger partial charge is 0.468 e. The molecule has 0 amide bonds. The van der Waals surface area contributed by atoms with Crippen LogP contribution in [0, 0.1) is 5.92 Å². The molecule has 0 saturated heterocycles. The van der Waals surface area contributed by atoms with Gasteiger partial charge >= 0.3 is 0 Å². The minimum absolute atomic E-state index is 0.558. The normalized spacial score (nSPS) is 15.3. The molecule has 1 aromatic heterocycles. The molecule has 2 atom stereocenters. The number of nitrogens with zero attached hydrogens (tertiary/aromatic N) is 1. The molecule has 1 rings (SSSR count). The minimum atomic E-state index is 0.558. The van der Waals surface area contributed by atoms with E-state index in [9.17, 15) is 0 Å². The van der Waals surface area contributed by atoms with Gasteiger partial charge in [0.1, 0.15) is 5.76 Å². The van der Waals surface area contributed by atoms with Crippen molar-refractivity contribution in [2.45, 2.75) is 33.4 Å². The van der Waals surface area contributed by atoms with E-state index in [4.69, 9.17) is 4.42 Å². The molecule has 0 saturated carbocycles. The first-order chi connectivity index (χ1) is 7.69. The lowest BCUT2D eigenvalue weighted by molar-refractivity contribution is 0.149. The zero-order valence-corrected chi connectivity index (χ0v) is 10.9. The monoisotopic (exact) mass is 224 g/mol. The summed E-state index contributed by atoms with van der Waals surface area (Å²) in [6, 6.07) is 4.55. The Morgan fingerprint density at radius 3 is 2.69 bits per heavy atom. The summed E-state index contributed by atoms with van der Waals surface area (Å²) in [6.45, 7) is 9.77. The van der Waals surface area contributed by atoms with Crippen LogP contribution in [0.4, 0.5) is 0 Å². The number of hydrogen-bond acceptors (Lipinski definition) is 3. The molecule has 3 heteroatoms. The lowest BCUT2D eigenvalue weighted by atomic mass is 10.0. The Bertz CT molecular complexity index is 271. The molecule has 0 aliphatic rings. The summed E-state index contributed by atoms with van der Waals surface area (Å²) in [7, 11) is 2.01. The standard InChI is InChI=1S/C13H24N2O/c1-5-15(10-13-7-6-8-16-13)12(3)11(2)9-14-4/h6-8,11-12,14H,5,9-10H2,1-4H3. The first-order valence-corrected chi connectivity index (χ1v) is 6.10. The van der Waals surface area contributed by atoms with Gasteiger partial charge in [0.2, 0.25) is 0 Å². The molecular formula is C13H24N2O. The van der Waals surface area contributed by atoms with Gasteiger partial charge in [-0.1, -0.05) is 13.8 Å². The van der Waals surface area contributed by atoms with Crippen molar-refractivity contribution in [2.75, 3.05) is 20.1 Å². The van der Waals surface area contributed by atoms with E-state index in [1.165, 1.54) is 0 Å². The number of rotatable bonds is 7. The summed E-state index contributed by atoms with van der Waals surface area (Å²) in [4.78, 5) is 2.45. The number of nitrogens with one attached hydrogen (secondary N) is 1. The Morgan fingerprint density at radius 2 is 2.19 bits per heavy atom. The van der Waals surface area contributed by atoms with Crippen LogP contribution >= 0.6 is 0 Å². The van der Waals surface area contributed by atoms with Gasteiger partial charge in [-0.2, -0.15) is 0 Å². The fourth-order valence-corrected chi connectivity index (χ4v) is 2.00. The summed E-state index contributed by atoms with van der Waals surface area (Å²) in [5.41, 5.74) is 0. The van der Waals surface area contributed by atoms with E-state index in [2.05, 4.69) is 31.0 Å². The molecule has 0 fully saturated rings. The van der Waals surface area contributed by atoms with Crippen LogP contribution in [0.5, 0.6) is 0 Å². The highest BCUT2D eigenvalue weighted by Gasteiger charge is 2.19. The van der Waals surface area contributed by atoms with E-state index in [1.807, 2.05) is 19.2 Å². The van der Waals surface area contributed by atoms with Crippen LogP contribution in [-0.2, 0) is 6.54 Å². The summed E-state index contributed by atoms with van der Waals surface area (Å²) < 4.78 is 5.40. The first kappa shape index (κ1) is 13.3. The maximum atomic E-state index is 5.40. The highest BCUT2D eigenvalue weighted by atomic mass is 16.3. The molecule has 0 aliphatic carbocycles. The van der Waals surface area contributed by atoms with Crippen molar-refractivity contribution in [3.05, 3.63) is 24.2 Å². The van der Waals surface area contributed by atoms with Crippen molar-refractivity contribution >= 4 is 0 Å². The van der Waals surface area contributed by atoms with Gasteiger partial charge in [-0.15, -0.1) is 0 Å². The minimum Gasteiger partial charge on any atom is -0.468 e. The summed E-state index contributed by atoms with van der Waals surface area (Å²) in [5.74, 6) is 1.69. The van der Waals surface area contributed by atoms with Crippen LogP contribution in [0.15, 0.2) is 22.8 Å². The predicted molar refractivity (Wildman–Crippen MR) is 67.3 cm³/mol. The Morgan fingerprint density at radius 1 is 1.44 bits per heavy atom. The van der Waals surface area contributed by atoms with Crippen LogP contribution in [0.1, 0.15) is 26.5 Å². The van der Waals surface area contributed by atoms with Crippen molar-refractivity contribution in [3.8, 4) is 0 Å². The molecule has 1 N–H and O–H groups in total. The van der Waals surface area contributed by atoms with Gasteiger partial charge in [0.15, 0.2) is 0 Å². The zero-order valence-electron chi connectivity index (χ0n) is 10.9. The van der Waals surface area contributed by atoms with E-state index < -0.39 is 0 Å². The summed E-state index contributed by atoms with van der Waals surface area (Å²) >= 11 is 0. The van der Waals surface area contributed by atoms with Crippen LogP contribution in [0.2, 0.25) is 0 Å². The van der Waals surface area contributed by atoms with Crippen LogP contribution < -0.4 is 5.32 Å². The van der Waals surface area contributed by atoms with Gasteiger partial charge in [0.25, 0.3) is 0 Å². The third-order valence-electron chi connectivity index (χ3n) is 3.27. The van der Waals surface area contributed by atoms with Gasteiger partial charge in [0, 0.05) is 6.04 Å². The van der Waals surface area contributed by atoms with Gasteiger partial charge < -0.3 is 9.73 Å².